The van der Waals surface area contributed by atoms with Crippen molar-refractivity contribution in [1.82, 2.24) is 0 Å². The third-order valence-electron chi connectivity index (χ3n) is 2.94. The Hall–Kier alpha value is -2.56. The van der Waals surface area contributed by atoms with E-state index < -0.39 is 0 Å². The molecule has 100 valence electrons. The summed E-state index contributed by atoms with van der Waals surface area (Å²) < 4.78 is 5.57. The maximum atomic E-state index is 9.61. The maximum Gasteiger partial charge on any atom is 0.164 e. The predicted octanol–water partition coefficient (Wildman–Crippen LogP) is 2.92. The van der Waals surface area contributed by atoms with E-state index in [4.69, 9.17) is 4.74 Å². The van der Waals surface area contributed by atoms with Crippen LogP contribution < -0.4 is 4.74 Å². The van der Waals surface area contributed by atoms with E-state index in [2.05, 4.69) is 0 Å². The van der Waals surface area contributed by atoms with E-state index in [1.807, 2.05) is 0 Å². The SMILES string of the molecule is Cc1c(Oc2ccc(O)c(O)c2C)ccc(O)c1O. The lowest BCUT2D eigenvalue weighted by Gasteiger charge is -2.13. The van der Waals surface area contributed by atoms with Crippen molar-refractivity contribution >= 4 is 0 Å². The summed E-state index contributed by atoms with van der Waals surface area (Å²) in [5.41, 5.74) is 0.763. The first-order valence-corrected chi connectivity index (χ1v) is 5.62. The smallest absolute Gasteiger partial charge is 0.164 e. The van der Waals surface area contributed by atoms with Crippen LogP contribution in [-0.2, 0) is 0 Å². The highest BCUT2D eigenvalue weighted by molar-refractivity contribution is 5.56. The van der Waals surface area contributed by atoms with Crippen molar-refractivity contribution in [3.63, 3.8) is 0 Å². The van der Waals surface area contributed by atoms with Gasteiger partial charge in [-0.3, -0.25) is 0 Å². The summed E-state index contributed by atoms with van der Waals surface area (Å²) in [7, 11) is 0. The number of benzene rings is 2. The summed E-state index contributed by atoms with van der Waals surface area (Å²) in [5, 5.41) is 37.9. The normalized spacial score (nSPS) is 10.4. The van der Waals surface area contributed by atoms with E-state index in [1.165, 1.54) is 24.3 Å². The monoisotopic (exact) mass is 262 g/mol. The highest BCUT2D eigenvalue weighted by Gasteiger charge is 2.13. The van der Waals surface area contributed by atoms with Gasteiger partial charge in [-0.15, -0.1) is 0 Å². The van der Waals surface area contributed by atoms with Crippen LogP contribution in [0.3, 0.4) is 0 Å². The van der Waals surface area contributed by atoms with Crippen molar-refractivity contribution in [2.75, 3.05) is 0 Å². The van der Waals surface area contributed by atoms with Crippen molar-refractivity contribution in [2.45, 2.75) is 13.8 Å². The van der Waals surface area contributed by atoms with Gasteiger partial charge in [-0.1, -0.05) is 0 Å². The van der Waals surface area contributed by atoms with Crippen LogP contribution in [0.1, 0.15) is 11.1 Å². The lowest BCUT2D eigenvalue weighted by atomic mass is 10.1. The second kappa shape index (κ2) is 4.61. The molecule has 19 heavy (non-hydrogen) atoms. The number of hydrogen-bond acceptors (Lipinski definition) is 5. The lowest BCUT2D eigenvalue weighted by Crippen LogP contribution is -1.91. The van der Waals surface area contributed by atoms with Crippen LogP contribution in [0.5, 0.6) is 34.5 Å². The summed E-state index contributed by atoms with van der Waals surface area (Å²) in [5.74, 6) is -0.256. The average Bonchev–Trinajstić information content (AvgIpc) is 2.39. The molecule has 0 fully saturated rings. The highest BCUT2D eigenvalue weighted by Crippen LogP contribution is 2.40. The van der Waals surface area contributed by atoms with Crippen molar-refractivity contribution in [3.8, 4) is 34.5 Å². The van der Waals surface area contributed by atoms with Gasteiger partial charge >= 0.3 is 0 Å². The molecule has 0 radical (unpaired) electrons. The van der Waals surface area contributed by atoms with Crippen molar-refractivity contribution < 1.29 is 25.2 Å². The van der Waals surface area contributed by atoms with Gasteiger partial charge in [0, 0.05) is 11.1 Å². The van der Waals surface area contributed by atoms with E-state index >= 15 is 0 Å². The number of phenols is 4. The van der Waals surface area contributed by atoms with E-state index in [9.17, 15) is 20.4 Å². The molecule has 5 heteroatoms. The number of hydrogen-bond donors (Lipinski definition) is 4. The van der Waals surface area contributed by atoms with Gasteiger partial charge in [0.2, 0.25) is 0 Å². The molecule has 2 aromatic carbocycles. The predicted molar refractivity (Wildman–Crippen MR) is 69.1 cm³/mol. The average molecular weight is 262 g/mol. The fourth-order valence-electron chi connectivity index (χ4n) is 1.67. The Balaban J connectivity index is 2.43. The molecule has 0 aromatic heterocycles. The van der Waals surface area contributed by atoms with Gasteiger partial charge < -0.3 is 25.2 Å². The Labute approximate surface area is 110 Å². The van der Waals surface area contributed by atoms with Gasteiger partial charge in [0.05, 0.1) is 0 Å². The van der Waals surface area contributed by atoms with E-state index in [0.717, 1.165) is 0 Å². The zero-order valence-corrected chi connectivity index (χ0v) is 10.5. The summed E-state index contributed by atoms with van der Waals surface area (Å²) in [6.45, 7) is 3.19. The Morgan fingerprint density at radius 1 is 0.684 bits per heavy atom. The Bertz CT molecular complexity index is 579. The molecule has 2 aromatic rings. The summed E-state index contributed by atoms with van der Waals surface area (Å²) in [6.07, 6.45) is 0. The van der Waals surface area contributed by atoms with E-state index in [1.54, 1.807) is 13.8 Å². The van der Waals surface area contributed by atoms with Gasteiger partial charge in [-0.05, 0) is 38.1 Å². The van der Waals surface area contributed by atoms with Crippen LogP contribution in [-0.4, -0.2) is 20.4 Å². The van der Waals surface area contributed by atoms with Gasteiger partial charge in [0.25, 0.3) is 0 Å². The van der Waals surface area contributed by atoms with Crippen LogP contribution in [0.15, 0.2) is 24.3 Å². The minimum atomic E-state index is -0.252. The number of aromatic hydroxyl groups is 4. The van der Waals surface area contributed by atoms with Gasteiger partial charge in [-0.2, -0.15) is 0 Å². The number of ether oxygens (including phenoxy) is 1. The molecule has 4 N–H and O–H groups in total. The quantitative estimate of drug-likeness (QED) is 0.625. The van der Waals surface area contributed by atoms with Crippen molar-refractivity contribution in [3.05, 3.63) is 35.4 Å². The van der Waals surface area contributed by atoms with Crippen LogP contribution in [0, 0.1) is 13.8 Å². The molecule has 0 unspecified atom stereocenters. The molecular formula is C14H14O5. The third-order valence-corrected chi connectivity index (χ3v) is 2.94. The minimum absolute atomic E-state index is 0.227. The van der Waals surface area contributed by atoms with Crippen LogP contribution in [0.2, 0.25) is 0 Å². The molecule has 0 aliphatic rings. The fraction of sp³-hybridized carbons (Fsp3) is 0.143. The molecule has 0 saturated carbocycles. The van der Waals surface area contributed by atoms with Gasteiger partial charge in [0.15, 0.2) is 23.0 Å². The molecule has 0 saturated heterocycles. The molecular weight excluding hydrogens is 248 g/mol. The first kappa shape index (κ1) is 12.9. The maximum absolute atomic E-state index is 9.61. The molecule has 2 rings (SSSR count). The standard InChI is InChI=1S/C14H14O5/c1-7-11(5-3-9(15)13(7)17)19-12-6-4-10(16)14(18)8(12)2/h3-6,15-18H,1-2H3. The number of phenolic OH excluding ortho intramolecular Hbond substituents is 4. The third kappa shape index (κ3) is 2.22. The zero-order valence-electron chi connectivity index (χ0n) is 10.5. The van der Waals surface area contributed by atoms with Gasteiger partial charge in [0.1, 0.15) is 11.5 Å². The molecule has 0 atom stereocenters. The molecule has 0 amide bonds. The Morgan fingerprint density at radius 3 is 1.42 bits per heavy atom. The van der Waals surface area contributed by atoms with E-state index in [-0.39, 0.29) is 23.0 Å². The second-order valence-corrected chi connectivity index (χ2v) is 4.21. The van der Waals surface area contributed by atoms with Crippen molar-refractivity contribution in [1.29, 1.82) is 0 Å². The zero-order chi connectivity index (χ0) is 14.2. The topological polar surface area (TPSA) is 90.2 Å². The highest BCUT2D eigenvalue weighted by atomic mass is 16.5. The first-order valence-electron chi connectivity index (χ1n) is 5.62. The van der Waals surface area contributed by atoms with Gasteiger partial charge in [-0.25, -0.2) is 0 Å². The van der Waals surface area contributed by atoms with Crippen molar-refractivity contribution in [2.24, 2.45) is 0 Å². The van der Waals surface area contributed by atoms with E-state index in [0.29, 0.717) is 22.6 Å². The molecule has 0 aliphatic heterocycles. The largest absolute Gasteiger partial charge is 0.504 e. The van der Waals surface area contributed by atoms with Crippen LogP contribution in [0.25, 0.3) is 0 Å². The Kier molecular flexibility index (Phi) is 3.12. The Morgan fingerprint density at radius 2 is 1.05 bits per heavy atom. The summed E-state index contributed by atoms with van der Waals surface area (Å²) in [4.78, 5) is 0. The lowest BCUT2D eigenvalue weighted by molar-refractivity contribution is 0.387. The molecule has 0 aliphatic carbocycles. The fourth-order valence-corrected chi connectivity index (χ4v) is 1.67. The molecule has 0 bridgehead atoms. The van der Waals surface area contributed by atoms with Crippen LogP contribution >= 0.6 is 0 Å². The molecule has 0 spiro atoms. The summed E-state index contributed by atoms with van der Waals surface area (Å²) in [6, 6.07) is 5.64. The second-order valence-electron chi connectivity index (χ2n) is 4.21. The first-order chi connectivity index (χ1) is 8.91. The summed E-state index contributed by atoms with van der Waals surface area (Å²) >= 11 is 0. The molecule has 5 nitrogen and oxygen atoms in total. The minimum Gasteiger partial charge on any atom is -0.504 e. The van der Waals surface area contributed by atoms with Crippen LogP contribution in [0.4, 0.5) is 0 Å². The number of rotatable bonds is 2. The molecule has 0 heterocycles.